The summed E-state index contributed by atoms with van der Waals surface area (Å²) in [6, 6.07) is 5.34. The summed E-state index contributed by atoms with van der Waals surface area (Å²) in [5, 5.41) is 14.4. The first-order chi connectivity index (χ1) is 9.49. The lowest BCUT2D eigenvalue weighted by atomic mass is 10.2. The molecule has 1 fully saturated rings. The Bertz CT molecular complexity index is 488. The Labute approximate surface area is 119 Å². The Balaban J connectivity index is 2.11. The van der Waals surface area contributed by atoms with E-state index in [1.54, 1.807) is 6.07 Å². The topological polar surface area (TPSA) is 64.4 Å². The number of nitrogens with zero attached hydrogens (tertiary/aromatic N) is 1. The van der Waals surface area contributed by atoms with E-state index in [2.05, 4.69) is 12.2 Å². The summed E-state index contributed by atoms with van der Waals surface area (Å²) in [6.07, 6.45) is 3.54. The van der Waals surface area contributed by atoms with Crippen molar-refractivity contribution in [1.29, 1.82) is 0 Å². The molecule has 0 aromatic heterocycles. The van der Waals surface area contributed by atoms with E-state index in [0.717, 1.165) is 12.1 Å². The summed E-state index contributed by atoms with van der Waals surface area (Å²) in [5.74, 6) is 1.25. The van der Waals surface area contributed by atoms with Crippen molar-refractivity contribution in [2.45, 2.75) is 52.2 Å². The molecule has 1 saturated carbocycles. The lowest BCUT2D eigenvalue weighted by Gasteiger charge is -2.12. The number of ether oxygens (including phenoxy) is 1. The van der Waals surface area contributed by atoms with Crippen LogP contribution in [0.25, 0.3) is 0 Å². The summed E-state index contributed by atoms with van der Waals surface area (Å²) < 4.78 is 5.58. The first-order valence-corrected chi connectivity index (χ1v) is 7.22. The third-order valence-corrected chi connectivity index (χ3v) is 3.41. The predicted octanol–water partition coefficient (Wildman–Crippen LogP) is 3.98. The monoisotopic (exact) mass is 278 g/mol. The highest BCUT2D eigenvalue weighted by Gasteiger charge is 2.36. The third-order valence-electron chi connectivity index (χ3n) is 3.41. The molecule has 0 aliphatic heterocycles. The van der Waals surface area contributed by atoms with Gasteiger partial charge in [0, 0.05) is 23.9 Å². The SMILES string of the molecule is CCCC1CC1Nc1cc(OC(C)C)cc([N+](=O)[O-])c1. The summed E-state index contributed by atoms with van der Waals surface area (Å²) in [6.45, 7) is 5.99. The van der Waals surface area contributed by atoms with Crippen molar-refractivity contribution < 1.29 is 9.66 Å². The van der Waals surface area contributed by atoms with Gasteiger partial charge in [0.25, 0.3) is 5.69 Å². The Kier molecular flexibility index (Phi) is 4.47. The Morgan fingerprint density at radius 1 is 1.45 bits per heavy atom. The molecule has 110 valence electrons. The minimum absolute atomic E-state index is 0.00128. The molecule has 1 aliphatic carbocycles. The molecule has 2 atom stereocenters. The van der Waals surface area contributed by atoms with Gasteiger partial charge in [0.2, 0.25) is 0 Å². The standard InChI is InChI=1S/C15H22N2O3/c1-4-5-11-6-15(11)16-12-7-13(17(18)19)9-14(8-12)20-10(2)3/h7-11,15-16H,4-6H2,1-3H3. The van der Waals surface area contributed by atoms with Gasteiger partial charge in [0.1, 0.15) is 5.75 Å². The molecule has 1 aromatic carbocycles. The van der Waals surface area contributed by atoms with Crippen molar-refractivity contribution in [3.05, 3.63) is 28.3 Å². The van der Waals surface area contributed by atoms with E-state index >= 15 is 0 Å². The fourth-order valence-corrected chi connectivity index (χ4v) is 2.44. The number of rotatable bonds is 7. The highest BCUT2D eigenvalue weighted by molar-refractivity contribution is 5.57. The van der Waals surface area contributed by atoms with Gasteiger partial charge in [-0.2, -0.15) is 0 Å². The van der Waals surface area contributed by atoms with E-state index in [1.807, 2.05) is 19.9 Å². The minimum atomic E-state index is -0.380. The van der Waals surface area contributed by atoms with Crippen molar-refractivity contribution >= 4 is 11.4 Å². The van der Waals surface area contributed by atoms with Gasteiger partial charge in [-0.15, -0.1) is 0 Å². The molecule has 1 aliphatic rings. The maximum Gasteiger partial charge on any atom is 0.275 e. The second-order valence-corrected chi connectivity index (χ2v) is 5.67. The van der Waals surface area contributed by atoms with Crippen molar-refractivity contribution in [2.75, 3.05) is 5.32 Å². The van der Waals surface area contributed by atoms with Crippen LogP contribution in [-0.4, -0.2) is 17.1 Å². The lowest BCUT2D eigenvalue weighted by Crippen LogP contribution is -2.08. The Hall–Kier alpha value is -1.78. The van der Waals surface area contributed by atoms with Gasteiger partial charge in [-0.1, -0.05) is 13.3 Å². The van der Waals surface area contributed by atoms with E-state index in [0.29, 0.717) is 17.7 Å². The Morgan fingerprint density at radius 3 is 2.80 bits per heavy atom. The lowest BCUT2D eigenvalue weighted by molar-refractivity contribution is -0.384. The number of hydrogen-bond acceptors (Lipinski definition) is 4. The normalized spacial score (nSPS) is 20.8. The molecule has 20 heavy (non-hydrogen) atoms. The number of non-ortho nitro benzene ring substituents is 1. The van der Waals surface area contributed by atoms with E-state index in [4.69, 9.17) is 4.74 Å². The molecular weight excluding hydrogens is 256 g/mol. The first kappa shape index (κ1) is 14.6. The maximum absolute atomic E-state index is 11.0. The molecule has 0 radical (unpaired) electrons. The summed E-state index contributed by atoms with van der Waals surface area (Å²) in [7, 11) is 0. The number of benzene rings is 1. The summed E-state index contributed by atoms with van der Waals surface area (Å²) in [5.41, 5.74) is 0.844. The van der Waals surface area contributed by atoms with Crippen LogP contribution >= 0.6 is 0 Å². The van der Waals surface area contributed by atoms with Gasteiger partial charge < -0.3 is 10.1 Å². The molecule has 5 nitrogen and oxygen atoms in total. The zero-order chi connectivity index (χ0) is 14.7. The maximum atomic E-state index is 11.0. The van der Waals surface area contributed by atoms with Crippen molar-refractivity contribution in [2.24, 2.45) is 5.92 Å². The molecule has 0 spiro atoms. The summed E-state index contributed by atoms with van der Waals surface area (Å²) in [4.78, 5) is 10.6. The van der Waals surface area contributed by atoms with Crippen LogP contribution in [0.15, 0.2) is 18.2 Å². The fraction of sp³-hybridized carbons (Fsp3) is 0.600. The van der Waals surface area contributed by atoms with Crippen LogP contribution in [0.2, 0.25) is 0 Å². The smallest absolute Gasteiger partial charge is 0.275 e. The van der Waals surface area contributed by atoms with Gasteiger partial charge in [-0.25, -0.2) is 0 Å². The molecule has 5 heteroatoms. The molecular formula is C15H22N2O3. The van der Waals surface area contributed by atoms with Crippen molar-refractivity contribution in [3.63, 3.8) is 0 Å². The molecule has 2 rings (SSSR count). The van der Waals surface area contributed by atoms with Crippen LogP contribution in [0.4, 0.5) is 11.4 Å². The first-order valence-electron chi connectivity index (χ1n) is 7.22. The third kappa shape index (κ3) is 3.85. The molecule has 0 heterocycles. The van der Waals surface area contributed by atoms with Crippen LogP contribution < -0.4 is 10.1 Å². The van der Waals surface area contributed by atoms with Gasteiger partial charge in [0.05, 0.1) is 17.1 Å². The number of hydrogen-bond donors (Lipinski definition) is 1. The van der Waals surface area contributed by atoms with Crippen LogP contribution in [0.3, 0.4) is 0 Å². The molecule has 1 aromatic rings. The average Bonchev–Trinajstić information content (AvgIpc) is 3.06. The fourth-order valence-electron chi connectivity index (χ4n) is 2.44. The molecule has 2 unspecified atom stereocenters. The average molecular weight is 278 g/mol. The number of anilines is 1. The second kappa shape index (κ2) is 6.11. The van der Waals surface area contributed by atoms with Gasteiger partial charge in [-0.05, 0) is 32.6 Å². The van der Waals surface area contributed by atoms with Crippen molar-refractivity contribution in [1.82, 2.24) is 0 Å². The minimum Gasteiger partial charge on any atom is -0.491 e. The molecule has 0 saturated heterocycles. The van der Waals surface area contributed by atoms with Crippen LogP contribution in [-0.2, 0) is 0 Å². The largest absolute Gasteiger partial charge is 0.491 e. The van der Waals surface area contributed by atoms with E-state index in [1.165, 1.54) is 18.9 Å². The van der Waals surface area contributed by atoms with Crippen LogP contribution in [0, 0.1) is 16.0 Å². The van der Waals surface area contributed by atoms with Crippen LogP contribution in [0.5, 0.6) is 5.75 Å². The second-order valence-electron chi connectivity index (χ2n) is 5.67. The summed E-state index contributed by atoms with van der Waals surface area (Å²) >= 11 is 0. The molecule has 1 N–H and O–H groups in total. The number of nitrogens with one attached hydrogen (secondary N) is 1. The van der Waals surface area contributed by atoms with Gasteiger partial charge in [0.15, 0.2) is 0 Å². The zero-order valence-corrected chi connectivity index (χ0v) is 12.3. The highest BCUT2D eigenvalue weighted by atomic mass is 16.6. The van der Waals surface area contributed by atoms with E-state index in [9.17, 15) is 10.1 Å². The van der Waals surface area contributed by atoms with E-state index in [-0.39, 0.29) is 16.7 Å². The number of nitro groups is 1. The number of nitro benzene ring substituents is 1. The van der Waals surface area contributed by atoms with Gasteiger partial charge >= 0.3 is 0 Å². The quantitative estimate of drug-likeness (QED) is 0.605. The molecule has 0 bridgehead atoms. The highest BCUT2D eigenvalue weighted by Crippen LogP contribution is 2.38. The van der Waals surface area contributed by atoms with E-state index < -0.39 is 0 Å². The molecule has 0 amide bonds. The predicted molar refractivity (Wildman–Crippen MR) is 79.3 cm³/mol. The zero-order valence-electron chi connectivity index (χ0n) is 12.3. The van der Waals surface area contributed by atoms with Crippen molar-refractivity contribution in [3.8, 4) is 5.75 Å². The Morgan fingerprint density at radius 2 is 2.20 bits per heavy atom. The van der Waals surface area contributed by atoms with Crippen LogP contribution in [0.1, 0.15) is 40.0 Å². The van der Waals surface area contributed by atoms with Gasteiger partial charge in [-0.3, -0.25) is 10.1 Å².